The molecule has 0 bridgehead atoms. The van der Waals surface area contributed by atoms with E-state index in [0.717, 1.165) is 54.6 Å². The van der Waals surface area contributed by atoms with Gasteiger partial charge in [-0.05, 0) is 59.9 Å². The van der Waals surface area contributed by atoms with Gasteiger partial charge in [0.05, 0.1) is 0 Å². The summed E-state index contributed by atoms with van der Waals surface area (Å²) in [6.07, 6.45) is 4.94. The highest BCUT2D eigenvalue weighted by atomic mass is 16.2. The van der Waals surface area contributed by atoms with E-state index in [2.05, 4.69) is 46.5 Å². The number of likely N-dealkylation sites (tertiary alicyclic amines) is 1. The summed E-state index contributed by atoms with van der Waals surface area (Å²) in [5.41, 5.74) is 4.20. The van der Waals surface area contributed by atoms with Crippen LogP contribution >= 0.6 is 0 Å². The van der Waals surface area contributed by atoms with Crippen LogP contribution in [0, 0.1) is 11.8 Å². The molecule has 0 radical (unpaired) electrons. The lowest BCUT2D eigenvalue weighted by atomic mass is 10.0. The van der Waals surface area contributed by atoms with Gasteiger partial charge in [-0.15, -0.1) is 5.10 Å². The third-order valence-corrected chi connectivity index (χ3v) is 7.00. The number of benzene rings is 2. The summed E-state index contributed by atoms with van der Waals surface area (Å²) < 4.78 is 3.18. The maximum absolute atomic E-state index is 12.9. The Kier molecular flexibility index (Phi) is 4.71. The minimum atomic E-state index is -0.112. The predicted octanol–water partition coefficient (Wildman–Crippen LogP) is 3.66. The number of hydrogen-bond donors (Lipinski definition) is 1. The number of carbonyl (C=O) groups excluding carboxylic acids is 1. The molecule has 1 saturated carbocycles. The second-order valence-electron chi connectivity index (χ2n) is 9.41. The Labute approximate surface area is 191 Å². The number of hydrogen-bond acceptors (Lipinski definition) is 3. The number of nitrogens with one attached hydrogen (secondary N) is 1. The van der Waals surface area contributed by atoms with Crippen LogP contribution < -0.4 is 5.69 Å². The number of fused-ring (bicyclic) bond motifs is 1. The quantitative estimate of drug-likeness (QED) is 0.514. The molecule has 168 valence electrons. The molecule has 1 saturated heterocycles. The summed E-state index contributed by atoms with van der Waals surface area (Å²) in [7, 11) is 1.69. The molecule has 2 aromatic heterocycles. The fraction of sp³-hybridized carbons (Fsp3) is 0.346. The van der Waals surface area contributed by atoms with Gasteiger partial charge in [-0.2, -0.15) is 0 Å². The zero-order chi connectivity index (χ0) is 22.5. The highest BCUT2D eigenvalue weighted by Crippen LogP contribution is 2.33. The van der Waals surface area contributed by atoms with Gasteiger partial charge in [-0.3, -0.25) is 9.36 Å². The van der Waals surface area contributed by atoms with E-state index in [1.165, 1.54) is 10.1 Å². The molecule has 7 nitrogen and oxygen atoms in total. The average molecular weight is 442 g/mol. The van der Waals surface area contributed by atoms with E-state index in [0.29, 0.717) is 18.3 Å². The molecule has 2 aromatic carbocycles. The lowest BCUT2D eigenvalue weighted by molar-refractivity contribution is -0.131. The lowest BCUT2D eigenvalue weighted by Gasteiger charge is -2.16. The van der Waals surface area contributed by atoms with Crippen molar-refractivity contribution >= 4 is 16.8 Å². The number of rotatable bonds is 5. The molecule has 1 atom stereocenters. The van der Waals surface area contributed by atoms with E-state index in [1.54, 1.807) is 11.6 Å². The Morgan fingerprint density at radius 3 is 2.58 bits per heavy atom. The third-order valence-electron chi connectivity index (χ3n) is 7.00. The molecular formula is C26H27N5O2. The van der Waals surface area contributed by atoms with Gasteiger partial charge in [0.15, 0.2) is 5.82 Å². The molecule has 1 N–H and O–H groups in total. The third kappa shape index (κ3) is 3.67. The van der Waals surface area contributed by atoms with Crippen LogP contribution in [0.5, 0.6) is 0 Å². The zero-order valence-electron chi connectivity index (χ0n) is 18.7. The highest BCUT2D eigenvalue weighted by molar-refractivity contribution is 5.85. The largest absolute Gasteiger partial charge is 0.361 e. The number of aryl methyl sites for hydroxylation is 1. The fourth-order valence-electron chi connectivity index (χ4n) is 4.96. The molecule has 1 unspecified atom stereocenters. The van der Waals surface area contributed by atoms with Gasteiger partial charge in [0, 0.05) is 49.9 Å². The Morgan fingerprint density at radius 1 is 1.03 bits per heavy atom. The molecule has 33 heavy (non-hydrogen) atoms. The van der Waals surface area contributed by atoms with Gasteiger partial charge in [0.2, 0.25) is 5.91 Å². The Morgan fingerprint density at radius 2 is 1.79 bits per heavy atom. The summed E-state index contributed by atoms with van der Waals surface area (Å²) in [5, 5.41) is 5.72. The van der Waals surface area contributed by atoms with Crippen molar-refractivity contribution in [3.8, 4) is 22.5 Å². The summed E-state index contributed by atoms with van der Waals surface area (Å²) in [6.45, 7) is 2.11. The van der Waals surface area contributed by atoms with Crippen LogP contribution in [0.4, 0.5) is 0 Å². The molecular weight excluding hydrogens is 414 g/mol. The van der Waals surface area contributed by atoms with Crippen LogP contribution in [0.2, 0.25) is 0 Å². The van der Waals surface area contributed by atoms with Crippen molar-refractivity contribution in [2.75, 3.05) is 13.1 Å². The second kappa shape index (κ2) is 7.76. The van der Waals surface area contributed by atoms with E-state index in [1.807, 2.05) is 23.2 Å². The first-order valence-electron chi connectivity index (χ1n) is 11.7. The van der Waals surface area contributed by atoms with Crippen molar-refractivity contribution in [2.45, 2.75) is 25.8 Å². The van der Waals surface area contributed by atoms with E-state index in [9.17, 15) is 9.59 Å². The summed E-state index contributed by atoms with van der Waals surface area (Å²) >= 11 is 0. The van der Waals surface area contributed by atoms with Crippen LogP contribution in [0.3, 0.4) is 0 Å². The molecule has 7 heteroatoms. The minimum absolute atomic E-state index is 0.112. The van der Waals surface area contributed by atoms with E-state index in [-0.39, 0.29) is 17.5 Å². The zero-order valence-corrected chi connectivity index (χ0v) is 18.7. The molecule has 1 aliphatic heterocycles. The second-order valence-corrected chi connectivity index (χ2v) is 9.41. The van der Waals surface area contributed by atoms with Crippen molar-refractivity contribution in [3.63, 3.8) is 0 Å². The number of carbonyl (C=O) groups is 1. The first-order chi connectivity index (χ1) is 16.1. The number of aromatic nitrogens is 4. The van der Waals surface area contributed by atoms with E-state index >= 15 is 0 Å². The van der Waals surface area contributed by atoms with Crippen molar-refractivity contribution in [3.05, 3.63) is 65.2 Å². The summed E-state index contributed by atoms with van der Waals surface area (Å²) in [6, 6.07) is 16.7. The molecule has 2 aliphatic rings. The first-order valence-corrected chi connectivity index (χ1v) is 11.7. The maximum atomic E-state index is 12.9. The molecule has 6 rings (SSSR count). The highest BCUT2D eigenvalue weighted by Gasteiger charge is 2.36. The van der Waals surface area contributed by atoms with Gasteiger partial charge in [0.1, 0.15) is 0 Å². The standard InChI is InChI=1S/C26H27N5O2/c1-29-26(33)31(16-17-11-13-30(15-17)25(32)20-6-7-20)24(28-29)19-4-2-18(3-5-19)21-8-9-23-22(14-21)10-12-27-23/h2-5,8-10,12,14,17,20,27H,6-7,11,13,15-16H2,1H3. The SMILES string of the molecule is Cn1nc(-c2ccc(-c3ccc4[nH]ccc4c3)cc2)n(CC2CCN(C(=O)C3CC3)C2)c1=O. The van der Waals surface area contributed by atoms with Crippen LogP contribution in [0.1, 0.15) is 19.3 Å². The van der Waals surface area contributed by atoms with Gasteiger partial charge in [0.25, 0.3) is 0 Å². The van der Waals surface area contributed by atoms with Gasteiger partial charge >= 0.3 is 5.69 Å². The van der Waals surface area contributed by atoms with Crippen molar-refractivity contribution in [1.82, 2.24) is 24.2 Å². The topological polar surface area (TPSA) is 75.9 Å². The number of nitrogens with zero attached hydrogens (tertiary/aromatic N) is 4. The average Bonchev–Trinajstić information content (AvgIpc) is 3.28. The van der Waals surface area contributed by atoms with Crippen LogP contribution in [0.25, 0.3) is 33.4 Å². The van der Waals surface area contributed by atoms with E-state index in [4.69, 9.17) is 0 Å². The molecule has 1 amide bonds. The molecule has 3 heterocycles. The molecule has 2 fully saturated rings. The molecule has 4 aromatic rings. The Bertz CT molecular complexity index is 1390. The fourth-order valence-corrected chi connectivity index (χ4v) is 4.96. The number of H-pyrrole nitrogens is 1. The smallest absolute Gasteiger partial charge is 0.345 e. The van der Waals surface area contributed by atoms with Crippen LogP contribution in [0.15, 0.2) is 59.5 Å². The monoisotopic (exact) mass is 441 g/mol. The van der Waals surface area contributed by atoms with Crippen molar-refractivity contribution in [1.29, 1.82) is 0 Å². The van der Waals surface area contributed by atoms with Gasteiger partial charge < -0.3 is 9.88 Å². The number of amides is 1. The molecule has 0 spiro atoms. The Hall–Kier alpha value is -3.61. The Balaban J connectivity index is 1.25. The van der Waals surface area contributed by atoms with Crippen molar-refractivity contribution in [2.24, 2.45) is 18.9 Å². The van der Waals surface area contributed by atoms with Crippen LogP contribution in [-0.4, -0.2) is 43.2 Å². The summed E-state index contributed by atoms with van der Waals surface area (Å²) in [4.78, 5) is 30.5. The number of aromatic amines is 1. The predicted molar refractivity (Wildman–Crippen MR) is 128 cm³/mol. The van der Waals surface area contributed by atoms with Gasteiger partial charge in [-0.1, -0.05) is 30.3 Å². The van der Waals surface area contributed by atoms with E-state index < -0.39 is 0 Å². The van der Waals surface area contributed by atoms with Gasteiger partial charge in [-0.25, -0.2) is 9.48 Å². The summed E-state index contributed by atoms with van der Waals surface area (Å²) in [5.74, 6) is 1.50. The van der Waals surface area contributed by atoms with Crippen LogP contribution in [-0.2, 0) is 18.4 Å². The normalized spacial score (nSPS) is 18.3. The molecule has 1 aliphatic carbocycles. The first kappa shape index (κ1) is 20.0. The minimum Gasteiger partial charge on any atom is -0.361 e. The maximum Gasteiger partial charge on any atom is 0.345 e. The lowest BCUT2D eigenvalue weighted by Crippen LogP contribution is -2.31. The van der Waals surface area contributed by atoms with Crippen molar-refractivity contribution < 1.29 is 4.79 Å².